The Morgan fingerprint density at radius 1 is 1.56 bits per heavy atom. The number of rotatable bonds is 5. The van der Waals surface area contributed by atoms with Crippen LogP contribution >= 0.6 is 23.1 Å². The van der Waals surface area contributed by atoms with Crippen LogP contribution in [0.3, 0.4) is 0 Å². The number of thiazole rings is 1. The maximum absolute atomic E-state index is 11.8. The molecule has 1 unspecified atom stereocenters. The van der Waals surface area contributed by atoms with Gasteiger partial charge in [-0.15, -0.1) is 11.3 Å². The molecule has 18 heavy (non-hydrogen) atoms. The highest BCUT2D eigenvalue weighted by atomic mass is 32.2. The molecule has 7 heteroatoms. The number of aromatic nitrogens is 1. The van der Waals surface area contributed by atoms with Crippen molar-refractivity contribution in [2.75, 3.05) is 0 Å². The number of nitrogens with one attached hydrogen (secondary N) is 1. The van der Waals surface area contributed by atoms with Gasteiger partial charge in [0.2, 0.25) is 5.91 Å². The van der Waals surface area contributed by atoms with Gasteiger partial charge in [-0.25, -0.2) is 9.78 Å². The van der Waals surface area contributed by atoms with Crippen LogP contribution in [-0.4, -0.2) is 33.3 Å². The summed E-state index contributed by atoms with van der Waals surface area (Å²) in [5, 5.41) is 11.6. The van der Waals surface area contributed by atoms with Gasteiger partial charge < -0.3 is 10.4 Å². The molecule has 0 saturated heterocycles. The van der Waals surface area contributed by atoms with Gasteiger partial charge >= 0.3 is 5.97 Å². The van der Waals surface area contributed by atoms with Crippen LogP contribution < -0.4 is 5.32 Å². The molecule has 0 spiro atoms. The zero-order valence-electron chi connectivity index (χ0n) is 10.1. The van der Waals surface area contributed by atoms with E-state index in [9.17, 15) is 9.59 Å². The highest BCUT2D eigenvalue weighted by Crippen LogP contribution is 2.30. The zero-order chi connectivity index (χ0) is 13.3. The summed E-state index contributed by atoms with van der Waals surface area (Å²) in [7, 11) is 0. The van der Waals surface area contributed by atoms with E-state index in [0.29, 0.717) is 16.1 Å². The van der Waals surface area contributed by atoms with Crippen LogP contribution in [0.25, 0.3) is 0 Å². The third kappa shape index (κ3) is 3.23. The number of carbonyl (C=O) groups excluding carboxylic acids is 1. The third-order valence-corrected chi connectivity index (χ3v) is 4.88. The monoisotopic (exact) mass is 286 g/mol. The standard InChI is InChI=1S/C11H14N2O3S2/c1-5-8(10(15)16)18-11(12-5)17-6(2)9(14)13-7-3-4-7/h6-7H,3-4H2,1-2H3,(H,13,14)(H,15,16). The molecule has 1 heterocycles. The Hall–Kier alpha value is -1.08. The van der Waals surface area contributed by atoms with E-state index in [1.807, 2.05) is 0 Å². The number of hydrogen-bond acceptors (Lipinski definition) is 5. The highest BCUT2D eigenvalue weighted by molar-refractivity contribution is 8.02. The first-order chi connectivity index (χ1) is 8.47. The molecule has 0 aromatic carbocycles. The van der Waals surface area contributed by atoms with E-state index >= 15 is 0 Å². The average Bonchev–Trinajstić information content (AvgIpc) is 3.01. The van der Waals surface area contributed by atoms with Crippen LogP contribution in [-0.2, 0) is 4.79 Å². The summed E-state index contributed by atoms with van der Waals surface area (Å²) in [4.78, 5) is 27.1. The van der Waals surface area contributed by atoms with Crippen LogP contribution in [0.15, 0.2) is 4.34 Å². The number of aromatic carboxylic acids is 1. The van der Waals surface area contributed by atoms with Crippen molar-refractivity contribution in [3.05, 3.63) is 10.6 Å². The van der Waals surface area contributed by atoms with Crippen molar-refractivity contribution in [3.63, 3.8) is 0 Å². The molecule has 1 fully saturated rings. The lowest BCUT2D eigenvalue weighted by Gasteiger charge is -2.09. The summed E-state index contributed by atoms with van der Waals surface area (Å²) in [6.45, 7) is 3.47. The second-order valence-electron chi connectivity index (χ2n) is 4.24. The first-order valence-electron chi connectivity index (χ1n) is 5.65. The predicted octanol–water partition coefficient (Wildman–Crippen LogP) is 1.91. The summed E-state index contributed by atoms with van der Waals surface area (Å²) in [5.74, 6) is -0.973. The molecule has 1 aromatic heterocycles. The maximum atomic E-state index is 11.8. The lowest BCUT2D eigenvalue weighted by molar-refractivity contribution is -0.120. The van der Waals surface area contributed by atoms with Gasteiger partial charge in [0.25, 0.3) is 0 Å². The van der Waals surface area contributed by atoms with Gasteiger partial charge in [-0.1, -0.05) is 11.8 Å². The number of carbonyl (C=O) groups is 2. The molecule has 2 N–H and O–H groups in total. The molecule has 1 aliphatic rings. The highest BCUT2D eigenvalue weighted by Gasteiger charge is 2.26. The first-order valence-corrected chi connectivity index (χ1v) is 7.34. The van der Waals surface area contributed by atoms with Gasteiger partial charge in [0.15, 0.2) is 4.34 Å². The summed E-state index contributed by atoms with van der Waals surface area (Å²) >= 11 is 2.43. The van der Waals surface area contributed by atoms with Crippen molar-refractivity contribution in [1.29, 1.82) is 0 Å². The maximum Gasteiger partial charge on any atom is 0.347 e. The van der Waals surface area contributed by atoms with E-state index in [4.69, 9.17) is 5.11 Å². The van der Waals surface area contributed by atoms with Crippen molar-refractivity contribution in [2.24, 2.45) is 0 Å². The normalized spacial score (nSPS) is 16.3. The minimum absolute atomic E-state index is 0.00720. The van der Waals surface area contributed by atoms with Gasteiger partial charge in [-0.2, -0.15) is 0 Å². The lowest BCUT2D eigenvalue weighted by atomic mass is 10.4. The Bertz CT molecular complexity index is 483. The first kappa shape index (κ1) is 13.4. The Balaban J connectivity index is 1.97. The quantitative estimate of drug-likeness (QED) is 0.808. The molecule has 0 bridgehead atoms. The number of thioether (sulfide) groups is 1. The minimum Gasteiger partial charge on any atom is -0.477 e. The largest absolute Gasteiger partial charge is 0.477 e. The number of carboxylic acids is 1. The van der Waals surface area contributed by atoms with Crippen molar-refractivity contribution in [3.8, 4) is 0 Å². The molecule has 98 valence electrons. The third-order valence-electron chi connectivity index (χ3n) is 2.54. The summed E-state index contributed by atoms with van der Waals surface area (Å²) in [5.41, 5.74) is 0.504. The van der Waals surface area contributed by atoms with Gasteiger partial charge in [0, 0.05) is 6.04 Å². The van der Waals surface area contributed by atoms with E-state index in [1.54, 1.807) is 13.8 Å². The Kier molecular flexibility index (Phi) is 3.91. The lowest BCUT2D eigenvalue weighted by Crippen LogP contribution is -2.32. The van der Waals surface area contributed by atoms with Gasteiger partial charge in [-0.3, -0.25) is 4.79 Å². The van der Waals surface area contributed by atoms with Gasteiger partial charge in [0.1, 0.15) is 4.88 Å². The fourth-order valence-electron chi connectivity index (χ4n) is 1.37. The van der Waals surface area contributed by atoms with Crippen LogP contribution in [0.2, 0.25) is 0 Å². The smallest absolute Gasteiger partial charge is 0.347 e. The Labute approximate surface area is 113 Å². The summed E-state index contributed by atoms with van der Waals surface area (Å²) in [6.07, 6.45) is 2.12. The molecular formula is C11H14N2O3S2. The second kappa shape index (κ2) is 5.27. The number of amides is 1. The van der Waals surface area contributed by atoms with Crippen molar-refractivity contribution < 1.29 is 14.7 Å². The van der Waals surface area contributed by atoms with E-state index < -0.39 is 5.97 Å². The number of hydrogen-bond donors (Lipinski definition) is 2. The van der Waals surface area contributed by atoms with Crippen LogP contribution in [0, 0.1) is 6.92 Å². The molecule has 5 nitrogen and oxygen atoms in total. The topological polar surface area (TPSA) is 79.3 Å². The van der Waals surface area contributed by atoms with Gasteiger partial charge in [-0.05, 0) is 26.7 Å². The number of nitrogens with zero attached hydrogens (tertiary/aromatic N) is 1. The molecule has 1 aliphatic carbocycles. The number of aryl methyl sites for hydroxylation is 1. The molecule has 0 aliphatic heterocycles. The van der Waals surface area contributed by atoms with Crippen LogP contribution in [0.1, 0.15) is 35.1 Å². The van der Waals surface area contributed by atoms with E-state index in [1.165, 1.54) is 11.8 Å². The van der Waals surface area contributed by atoms with Gasteiger partial charge in [0.05, 0.1) is 10.9 Å². The summed E-state index contributed by atoms with van der Waals surface area (Å²) in [6, 6.07) is 0.341. The fraction of sp³-hybridized carbons (Fsp3) is 0.545. The molecular weight excluding hydrogens is 272 g/mol. The van der Waals surface area contributed by atoms with Crippen LogP contribution in [0.4, 0.5) is 0 Å². The molecule has 1 atom stereocenters. The van der Waals surface area contributed by atoms with Crippen LogP contribution in [0.5, 0.6) is 0 Å². The molecule has 1 aromatic rings. The Morgan fingerprint density at radius 2 is 2.22 bits per heavy atom. The van der Waals surface area contributed by atoms with E-state index in [0.717, 1.165) is 24.2 Å². The van der Waals surface area contributed by atoms with Crippen molar-refractivity contribution in [2.45, 2.75) is 42.3 Å². The Morgan fingerprint density at radius 3 is 2.72 bits per heavy atom. The minimum atomic E-state index is -0.966. The molecule has 2 rings (SSSR count). The molecule has 1 amide bonds. The molecule has 1 saturated carbocycles. The van der Waals surface area contributed by atoms with Crippen molar-refractivity contribution in [1.82, 2.24) is 10.3 Å². The zero-order valence-corrected chi connectivity index (χ0v) is 11.7. The van der Waals surface area contributed by atoms with E-state index in [-0.39, 0.29) is 16.0 Å². The summed E-state index contributed by atoms with van der Waals surface area (Å²) < 4.78 is 0.628. The SMILES string of the molecule is Cc1nc(SC(C)C(=O)NC2CC2)sc1C(=O)O. The predicted molar refractivity (Wildman–Crippen MR) is 70.3 cm³/mol. The number of carboxylic acid groups (broad SMARTS) is 1. The fourth-order valence-corrected chi connectivity index (χ4v) is 3.55. The second-order valence-corrected chi connectivity index (χ2v) is 6.83. The molecule has 0 radical (unpaired) electrons. The van der Waals surface area contributed by atoms with Crippen molar-refractivity contribution >= 4 is 35.0 Å². The van der Waals surface area contributed by atoms with E-state index in [2.05, 4.69) is 10.3 Å². The average molecular weight is 286 g/mol.